The fraction of sp³-hybridized carbons (Fsp3) is 0.444. The summed E-state index contributed by atoms with van der Waals surface area (Å²) in [5.74, 6) is -0.712. The van der Waals surface area contributed by atoms with Gasteiger partial charge in [-0.1, -0.05) is 23.2 Å². The van der Waals surface area contributed by atoms with Gasteiger partial charge in [-0.25, -0.2) is 0 Å². The molecule has 0 aliphatic carbocycles. The van der Waals surface area contributed by atoms with Crippen molar-refractivity contribution in [3.8, 4) is 5.75 Å². The largest absolute Gasteiger partial charge is 0.492 e. The fourth-order valence-electron chi connectivity index (χ4n) is 2.66. The lowest BCUT2D eigenvalue weighted by Crippen LogP contribution is -2.60. The Hall–Kier alpha value is -2.10. The van der Waals surface area contributed by atoms with Crippen molar-refractivity contribution in [2.24, 2.45) is 0 Å². The molecule has 1 aliphatic heterocycles. The number of halogens is 2. The maximum atomic E-state index is 12.2. The van der Waals surface area contributed by atoms with Crippen LogP contribution in [-0.4, -0.2) is 60.6 Å². The highest BCUT2D eigenvalue weighted by Crippen LogP contribution is 2.27. The van der Waals surface area contributed by atoms with Gasteiger partial charge < -0.3 is 25.0 Å². The molecule has 158 valence electrons. The summed E-state index contributed by atoms with van der Waals surface area (Å²) in [6, 6.07) is 4.07. The Kier molecular flexibility index (Phi) is 8.94. The maximum Gasteiger partial charge on any atom is 0.308 e. The van der Waals surface area contributed by atoms with Crippen LogP contribution in [0, 0.1) is 0 Å². The number of benzene rings is 1. The Labute approximate surface area is 183 Å². The number of nitrogens with zero attached hydrogens (tertiary/aromatic N) is 1. The van der Waals surface area contributed by atoms with Crippen LogP contribution in [0.5, 0.6) is 5.75 Å². The van der Waals surface area contributed by atoms with Gasteiger partial charge in [0.2, 0.25) is 11.8 Å². The number of nitrogens with one attached hydrogen (secondary N) is 2. The number of rotatable bonds is 7. The SMILES string of the molecule is COC(=O)C[C@H]1C(=O)NCCN1C(=S)NC(=O)CCCOc1ccc(Cl)cc1Cl. The Morgan fingerprint density at radius 1 is 1.38 bits per heavy atom. The predicted octanol–water partition coefficient (Wildman–Crippen LogP) is 1.92. The van der Waals surface area contributed by atoms with Gasteiger partial charge in [0.15, 0.2) is 5.11 Å². The van der Waals surface area contributed by atoms with Gasteiger partial charge in [-0.3, -0.25) is 14.4 Å². The highest BCUT2D eigenvalue weighted by molar-refractivity contribution is 7.80. The normalized spacial score (nSPS) is 16.0. The predicted molar refractivity (Wildman–Crippen MR) is 112 cm³/mol. The third-order valence-corrected chi connectivity index (χ3v) is 4.99. The van der Waals surface area contributed by atoms with Gasteiger partial charge in [-0.2, -0.15) is 0 Å². The number of thiocarbonyl (C=S) groups is 1. The smallest absolute Gasteiger partial charge is 0.308 e. The summed E-state index contributed by atoms with van der Waals surface area (Å²) in [6.45, 7) is 1.02. The first-order valence-electron chi connectivity index (χ1n) is 8.84. The number of methoxy groups -OCH3 is 1. The number of carbonyl (C=O) groups is 3. The van der Waals surface area contributed by atoms with Gasteiger partial charge in [0, 0.05) is 24.5 Å². The average Bonchev–Trinajstić information content (AvgIpc) is 2.67. The fourth-order valence-corrected chi connectivity index (χ4v) is 3.46. The molecule has 0 aromatic heterocycles. The van der Waals surface area contributed by atoms with E-state index >= 15 is 0 Å². The molecule has 0 unspecified atom stereocenters. The van der Waals surface area contributed by atoms with Gasteiger partial charge in [0.1, 0.15) is 11.8 Å². The van der Waals surface area contributed by atoms with Crippen LogP contribution in [0.15, 0.2) is 18.2 Å². The van der Waals surface area contributed by atoms with Crippen LogP contribution in [0.3, 0.4) is 0 Å². The summed E-state index contributed by atoms with van der Waals surface area (Å²) >= 11 is 17.1. The summed E-state index contributed by atoms with van der Waals surface area (Å²) in [5, 5.41) is 6.26. The average molecular weight is 462 g/mol. The number of ether oxygens (including phenoxy) is 2. The minimum absolute atomic E-state index is 0.0976. The first kappa shape index (κ1) is 23.2. The van der Waals surface area contributed by atoms with Crippen molar-refractivity contribution in [3.05, 3.63) is 28.2 Å². The summed E-state index contributed by atoms with van der Waals surface area (Å²) in [4.78, 5) is 37.3. The van der Waals surface area contributed by atoms with Gasteiger partial charge in [-0.15, -0.1) is 0 Å². The van der Waals surface area contributed by atoms with E-state index in [1.807, 2.05) is 0 Å². The van der Waals surface area contributed by atoms with Gasteiger partial charge in [0.05, 0.1) is 25.2 Å². The zero-order valence-corrected chi connectivity index (χ0v) is 18.0. The Morgan fingerprint density at radius 3 is 2.83 bits per heavy atom. The van der Waals surface area contributed by atoms with E-state index in [-0.39, 0.29) is 36.4 Å². The molecule has 2 rings (SSSR count). The molecule has 2 amide bonds. The third-order valence-electron chi connectivity index (χ3n) is 4.13. The van der Waals surface area contributed by atoms with Crippen molar-refractivity contribution in [2.75, 3.05) is 26.8 Å². The monoisotopic (exact) mass is 461 g/mol. The first-order chi connectivity index (χ1) is 13.8. The van der Waals surface area contributed by atoms with E-state index in [2.05, 4.69) is 15.4 Å². The van der Waals surface area contributed by atoms with E-state index in [9.17, 15) is 14.4 Å². The highest BCUT2D eigenvalue weighted by atomic mass is 35.5. The standard InChI is InChI=1S/C18H21Cl2N3O5S/c1-27-16(25)10-13-17(26)21-6-7-23(13)18(29)22-15(24)3-2-8-28-14-5-4-11(19)9-12(14)20/h4-5,9,13H,2-3,6-8,10H2,1H3,(H,21,26)(H,22,24,29)/t13-/m0/s1. The van der Waals surface area contributed by atoms with E-state index in [0.717, 1.165) is 0 Å². The summed E-state index contributed by atoms with van der Waals surface area (Å²) < 4.78 is 10.2. The van der Waals surface area contributed by atoms with Crippen LogP contribution < -0.4 is 15.4 Å². The van der Waals surface area contributed by atoms with Crippen molar-refractivity contribution in [3.63, 3.8) is 0 Å². The number of hydrogen-bond donors (Lipinski definition) is 2. The van der Waals surface area contributed by atoms with Crippen molar-refractivity contribution >= 4 is 58.3 Å². The summed E-state index contributed by atoms with van der Waals surface area (Å²) in [5.41, 5.74) is 0. The van der Waals surface area contributed by atoms with E-state index in [4.69, 9.17) is 40.2 Å². The molecular weight excluding hydrogens is 441 g/mol. The molecule has 0 bridgehead atoms. The van der Waals surface area contributed by atoms with E-state index in [0.29, 0.717) is 35.3 Å². The molecule has 8 nitrogen and oxygen atoms in total. The molecule has 0 spiro atoms. The lowest BCUT2D eigenvalue weighted by Gasteiger charge is -2.36. The van der Waals surface area contributed by atoms with Crippen molar-refractivity contribution in [1.29, 1.82) is 0 Å². The van der Waals surface area contributed by atoms with Crippen LogP contribution in [0.2, 0.25) is 10.0 Å². The Balaban J connectivity index is 1.80. The zero-order chi connectivity index (χ0) is 21.4. The van der Waals surface area contributed by atoms with Crippen LogP contribution in [0.1, 0.15) is 19.3 Å². The number of hydrogen-bond acceptors (Lipinski definition) is 6. The molecule has 1 aromatic carbocycles. The number of amides is 2. The Bertz CT molecular complexity index is 793. The van der Waals surface area contributed by atoms with Crippen LogP contribution in [0.4, 0.5) is 0 Å². The minimum atomic E-state index is -0.820. The van der Waals surface area contributed by atoms with Crippen molar-refractivity contribution in [2.45, 2.75) is 25.3 Å². The lowest BCUT2D eigenvalue weighted by molar-refractivity contribution is -0.144. The van der Waals surface area contributed by atoms with Crippen LogP contribution in [-0.2, 0) is 19.1 Å². The topological polar surface area (TPSA) is 97.0 Å². The van der Waals surface area contributed by atoms with Crippen LogP contribution >= 0.6 is 35.4 Å². The van der Waals surface area contributed by atoms with E-state index in [1.54, 1.807) is 18.2 Å². The molecule has 1 aromatic rings. The molecule has 1 atom stereocenters. The van der Waals surface area contributed by atoms with Gasteiger partial charge in [0.25, 0.3) is 0 Å². The molecule has 11 heteroatoms. The molecule has 29 heavy (non-hydrogen) atoms. The minimum Gasteiger partial charge on any atom is -0.492 e. The highest BCUT2D eigenvalue weighted by Gasteiger charge is 2.33. The molecule has 1 saturated heterocycles. The quantitative estimate of drug-likeness (QED) is 0.363. The van der Waals surface area contributed by atoms with E-state index in [1.165, 1.54) is 12.0 Å². The Morgan fingerprint density at radius 2 is 2.14 bits per heavy atom. The second-order valence-electron chi connectivity index (χ2n) is 6.16. The maximum absolute atomic E-state index is 12.2. The summed E-state index contributed by atoms with van der Waals surface area (Å²) in [7, 11) is 1.24. The third kappa shape index (κ3) is 7.02. The molecule has 1 heterocycles. The molecule has 2 N–H and O–H groups in total. The molecule has 1 aliphatic rings. The van der Waals surface area contributed by atoms with Gasteiger partial charge >= 0.3 is 5.97 Å². The molecule has 0 saturated carbocycles. The second kappa shape index (κ2) is 11.2. The molecule has 1 fully saturated rings. The zero-order valence-electron chi connectivity index (χ0n) is 15.7. The first-order valence-corrected chi connectivity index (χ1v) is 10.0. The number of esters is 1. The molecular formula is C18H21Cl2N3O5S. The van der Waals surface area contributed by atoms with Crippen LogP contribution in [0.25, 0.3) is 0 Å². The summed E-state index contributed by atoms with van der Waals surface area (Å²) in [6.07, 6.45) is 0.431. The van der Waals surface area contributed by atoms with E-state index < -0.39 is 12.0 Å². The van der Waals surface area contributed by atoms with Gasteiger partial charge in [-0.05, 0) is 36.8 Å². The number of carbonyl (C=O) groups excluding carboxylic acids is 3. The van der Waals surface area contributed by atoms with Crippen molar-refractivity contribution < 1.29 is 23.9 Å². The van der Waals surface area contributed by atoms with Crippen molar-refractivity contribution in [1.82, 2.24) is 15.5 Å². The lowest BCUT2D eigenvalue weighted by atomic mass is 10.1. The second-order valence-corrected chi connectivity index (χ2v) is 7.39. The molecule has 0 radical (unpaired) electrons. The number of piperazine rings is 1.